The van der Waals surface area contributed by atoms with E-state index in [1.54, 1.807) is 7.11 Å². The molecule has 0 bridgehead atoms. The van der Waals surface area contributed by atoms with Gasteiger partial charge in [0.2, 0.25) is 0 Å². The summed E-state index contributed by atoms with van der Waals surface area (Å²) < 4.78 is 5.17. The largest absolute Gasteiger partial charge is 0.497 e. The number of aryl methyl sites for hydroxylation is 2. The highest BCUT2D eigenvalue weighted by atomic mass is 32.2. The Hall–Kier alpha value is -2.57. The molecule has 0 fully saturated rings. The van der Waals surface area contributed by atoms with Crippen molar-refractivity contribution < 1.29 is 19.4 Å². The number of aliphatic hydroxyl groups is 1. The van der Waals surface area contributed by atoms with Crippen LogP contribution in [0.3, 0.4) is 0 Å². The fraction of sp³-hybridized carbons (Fsp3) is 0.304. The molecule has 0 radical (unpaired) electrons. The molecular formula is C23H25NO4S. The van der Waals surface area contributed by atoms with Crippen LogP contribution in [0.1, 0.15) is 22.3 Å². The second-order valence-electron chi connectivity index (χ2n) is 6.94. The average Bonchev–Trinajstić information content (AvgIpc) is 2.96. The smallest absolute Gasteiger partial charge is 0.267 e. The van der Waals surface area contributed by atoms with Gasteiger partial charge in [0.1, 0.15) is 5.75 Å². The van der Waals surface area contributed by atoms with Crippen molar-refractivity contribution in [2.75, 3.05) is 26.0 Å². The third-order valence-corrected chi connectivity index (χ3v) is 6.10. The van der Waals surface area contributed by atoms with Crippen molar-refractivity contribution >= 4 is 29.1 Å². The van der Waals surface area contributed by atoms with Crippen LogP contribution in [0.15, 0.2) is 47.4 Å². The number of methoxy groups -OCH3 is 1. The summed E-state index contributed by atoms with van der Waals surface area (Å²) in [4.78, 5) is 27.9. The lowest BCUT2D eigenvalue weighted by molar-refractivity contribution is -0.136. The third-order valence-electron chi connectivity index (χ3n) is 5.04. The summed E-state index contributed by atoms with van der Waals surface area (Å²) in [5, 5.41) is 9.21. The van der Waals surface area contributed by atoms with E-state index < -0.39 is 0 Å². The predicted octanol–water partition coefficient (Wildman–Crippen LogP) is 3.36. The minimum Gasteiger partial charge on any atom is -0.497 e. The Morgan fingerprint density at radius 1 is 1.00 bits per heavy atom. The van der Waals surface area contributed by atoms with Crippen LogP contribution < -0.4 is 4.74 Å². The standard InChI is InChI=1S/C23H25NO4S/c1-15-4-7-18(14-16(15)2)20-21(29-13-12-25)23(27)24(22(20)26)11-10-17-5-8-19(28-3)9-6-17/h4-9,14,25H,10-13H2,1-3H3. The van der Waals surface area contributed by atoms with Gasteiger partial charge in [-0.3, -0.25) is 14.5 Å². The second-order valence-corrected chi connectivity index (χ2v) is 8.04. The van der Waals surface area contributed by atoms with E-state index in [2.05, 4.69) is 0 Å². The van der Waals surface area contributed by atoms with Gasteiger partial charge in [0, 0.05) is 12.3 Å². The number of ether oxygens (including phenoxy) is 1. The van der Waals surface area contributed by atoms with Crippen molar-refractivity contribution in [2.24, 2.45) is 0 Å². The molecular weight excluding hydrogens is 386 g/mol. The van der Waals surface area contributed by atoms with Gasteiger partial charge in [0.25, 0.3) is 11.8 Å². The molecule has 0 unspecified atom stereocenters. The summed E-state index contributed by atoms with van der Waals surface area (Å²) in [6.07, 6.45) is 0.569. The number of thioether (sulfide) groups is 1. The first-order valence-corrected chi connectivity index (χ1v) is 10.5. The van der Waals surface area contributed by atoms with E-state index in [4.69, 9.17) is 4.74 Å². The zero-order valence-corrected chi connectivity index (χ0v) is 17.7. The Labute approximate surface area is 175 Å². The maximum absolute atomic E-state index is 13.2. The number of amides is 2. The first kappa shape index (κ1) is 21.1. The number of carbonyl (C=O) groups is 2. The summed E-state index contributed by atoms with van der Waals surface area (Å²) in [7, 11) is 1.61. The summed E-state index contributed by atoms with van der Waals surface area (Å²) in [6, 6.07) is 13.4. The highest BCUT2D eigenvalue weighted by molar-refractivity contribution is 8.04. The number of rotatable bonds is 8. The lowest BCUT2D eigenvalue weighted by atomic mass is 10.0. The molecule has 1 aliphatic rings. The van der Waals surface area contributed by atoms with E-state index >= 15 is 0 Å². The molecule has 1 heterocycles. The van der Waals surface area contributed by atoms with E-state index in [9.17, 15) is 14.7 Å². The molecule has 5 nitrogen and oxygen atoms in total. The van der Waals surface area contributed by atoms with Gasteiger partial charge in [-0.1, -0.05) is 30.3 Å². The van der Waals surface area contributed by atoms with E-state index in [0.29, 0.717) is 29.2 Å². The van der Waals surface area contributed by atoms with Gasteiger partial charge in [-0.15, -0.1) is 11.8 Å². The van der Waals surface area contributed by atoms with Gasteiger partial charge in [-0.25, -0.2) is 0 Å². The third kappa shape index (κ3) is 4.54. The molecule has 29 heavy (non-hydrogen) atoms. The Morgan fingerprint density at radius 3 is 2.34 bits per heavy atom. The molecule has 0 atom stereocenters. The van der Waals surface area contributed by atoms with Gasteiger partial charge in [0.05, 0.1) is 24.2 Å². The molecule has 6 heteroatoms. The Bertz CT molecular complexity index is 950. The van der Waals surface area contributed by atoms with Gasteiger partial charge < -0.3 is 9.84 Å². The van der Waals surface area contributed by atoms with Crippen molar-refractivity contribution in [1.82, 2.24) is 4.90 Å². The fourth-order valence-electron chi connectivity index (χ4n) is 3.22. The highest BCUT2D eigenvalue weighted by Gasteiger charge is 2.38. The summed E-state index contributed by atoms with van der Waals surface area (Å²) >= 11 is 1.24. The molecule has 152 valence electrons. The quantitative estimate of drug-likeness (QED) is 0.675. The molecule has 0 spiro atoms. The molecule has 1 aliphatic heterocycles. The van der Waals surface area contributed by atoms with Crippen molar-refractivity contribution in [1.29, 1.82) is 0 Å². The maximum atomic E-state index is 13.2. The zero-order valence-electron chi connectivity index (χ0n) is 16.9. The molecule has 1 N–H and O–H groups in total. The average molecular weight is 412 g/mol. The molecule has 3 rings (SSSR count). The summed E-state index contributed by atoms with van der Waals surface area (Å²) in [5.41, 5.74) is 4.41. The lowest BCUT2D eigenvalue weighted by Gasteiger charge is -2.15. The van der Waals surface area contributed by atoms with Crippen molar-refractivity contribution in [2.45, 2.75) is 20.3 Å². The molecule has 0 aliphatic carbocycles. The monoisotopic (exact) mass is 411 g/mol. The van der Waals surface area contributed by atoms with Crippen molar-refractivity contribution in [3.63, 3.8) is 0 Å². The van der Waals surface area contributed by atoms with Gasteiger partial charge >= 0.3 is 0 Å². The minimum atomic E-state index is -0.282. The number of hydrogen-bond donors (Lipinski definition) is 1. The molecule has 2 amide bonds. The Kier molecular flexibility index (Phi) is 6.77. The second kappa shape index (κ2) is 9.29. The van der Waals surface area contributed by atoms with Crippen LogP contribution in [0.4, 0.5) is 0 Å². The number of benzene rings is 2. The SMILES string of the molecule is COc1ccc(CCN2C(=O)C(SCCO)=C(c3ccc(C)c(C)c3)C2=O)cc1. The molecule has 0 saturated carbocycles. The van der Waals surface area contributed by atoms with Gasteiger partial charge in [-0.2, -0.15) is 0 Å². The number of imide groups is 1. The van der Waals surface area contributed by atoms with Gasteiger partial charge in [0.15, 0.2) is 0 Å². The predicted molar refractivity (Wildman–Crippen MR) is 116 cm³/mol. The molecule has 2 aromatic rings. The number of hydrogen-bond acceptors (Lipinski definition) is 5. The summed E-state index contributed by atoms with van der Waals surface area (Å²) in [6.45, 7) is 4.25. The Balaban J connectivity index is 1.85. The number of aliphatic hydroxyl groups excluding tert-OH is 1. The summed E-state index contributed by atoms with van der Waals surface area (Å²) in [5.74, 6) is 0.584. The van der Waals surface area contributed by atoms with Gasteiger partial charge in [-0.05, 0) is 54.7 Å². The Morgan fingerprint density at radius 2 is 1.72 bits per heavy atom. The minimum absolute atomic E-state index is 0.0539. The van der Waals surface area contributed by atoms with Crippen LogP contribution in [0, 0.1) is 13.8 Å². The van der Waals surface area contributed by atoms with Crippen molar-refractivity contribution in [3.05, 3.63) is 69.6 Å². The van der Waals surface area contributed by atoms with Crippen LogP contribution in [0.25, 0.3) is 5.57 Å². The molecule has 0 aromatic heterocycles. The van der Waals surface area contributed by atoms with Crippen LogP contribution in [-0.4, -0.2) is 47.8 Å². The van der Waals surface area contributed by atoms with E-state index in [1.807, 2.05) is 56.3 Å². The molecule has 0 saturated heterocycles. The first-order chi connectivity index (χ1) is 14.0. The van der Waals surface area contributed by atoms with Crippen LogP contribution in [-0.2, 0) is 16.0 Å². The van der Waals surface area contributed by atoms with Crippen LogP contribution >= 0.6 is 11.8 Å². The van der Waals surface area contributed by atoms with Crippen molar-refractivity contribution in [3.8, 4) is 5.75 Å². The maximum Gasteiger partial charge on any atom is 0.267 e. The van der Waals surface area contributed by atoms with Crippen LogP contribution in [0.2, 0.25) is 0 Å². The number of carbonyl (C=O) groups excluding carboxylic acids is 2. The van der Waals surface area contributed by atoms with E-state index in [1.165, 1.54) is 16.7 Å². The van der Waals surface area contributed by atoms with Crippen LogP contribution in [0.5, 0.6) is 5.75 Å². The molecule has 2 aromatic carbocycles. The normalized spacial score (nSPS) is 14.1. The number of nitrogens with zero attached hydrogens (tertiary/aromatic N) is 1. The first-order valence-electron chi connectivity index (χ1n) is 9.51. The lowest BCUT2D eigenvalue weighted by Crippen LogP contribution is -2.33. The van der Waals surface area contributed by atoms with E-state index in [-0.39, 0.29) is 18.4 Å². The fourth-order valence-corrected chi connectivity index (χ4v) is 4.10. The zero-order chi connectivity index (χ0) is 21.0. The highest BCUT2D eigenvalue weighted by Crippen LogP contribution is 2.36. The van der Waals surface area contributed by atoms with E-state index in [0.717, 1.165) is 28.0 Å². The topological polar surface area (TPSA) is 66.8 Å².